The fourth-order valence-corrected chi connectivity index (χ4v) is 2.42. The molecule has 1 N–H and O–H groups in total. The number of rotatable bonds is 7. The molecule has 0 bridgehead atoms. The quantitative estimate of drug-likeness (QED) is 0.439. The number of halogens is 1. The monoisotopic (exact) mass is 391 g/mol. The largest absolute Gasteiger partial charge is 0.493 e. The zero-order chi connectivity index (χ0) is 20.0. The summed E-state index contributed by atoms with van der Waals surface area (Å²) < 4.78 is 10.7. The van der Waals surface area contributed by atoms with Crippen molar-refractivity contribution in [3.05, 3.63) is 62.7 Å². The summed E-state index contributed by atoms with van der Waals surface area (Å²) in [5.74, 6) is -0.274. The molecule has 0 atom stereocenters. The van der Waals surface area contributed by atoms with E-state index in [1.54, 1.807) is 38.1 Å². The van der Waals surface area contributed by atoms with Crippen LogP contribution in [0.5, 0.6) is 11.5 Å². The van der Waals surface area contributed by atoms with Crippen LogP contribution >= 0.6 is 11.6 Å². The second kappa shape index (κ2) is 9.00. The molecule has 0 aromatic heterocycles. The van der Waals surface area contributed by atoms with Gasteiger partial charge in [0.15, 0.2) is 5.75 Å². The van der Waals surface area contributed by atoms with Gasteiger partial charge in [-0.3, -0.25) is 14.9 Å². The molecule has 27 heavy (non-hydrogen) atoms. The van der Waals surface area contributed by atoms with Gasteiger partial charge < -0.3 is 9.47 Å². The summed E-state index contributed by atoms with van der Waals surface area (Å²) in [5, 5.41) is 15.5. The zero-order valence-corrected chi connectivity index (χ0v) is 15.7. The number of hydrogen-bond acceptors (Lipinski definition) is 6. The molecule has 142 valence electrons. The van der Waals surface area contributed by atoms with Gasteiger partial charge in [-0.2, -0.15) is 5.10 Å². The lowest BCUT2D eigenvalue weighted by molar-refractivity contribution is -0.386. The number of hydrazone groups is 1. The third kappa shape index (κ3) is 5.18. The first-order chi connectivity index (χ1) is 12.8. The normalized spacial score (nSPS) is 10.9. The Hall–Kier alpha value is -3.13. The smallest absolute Gasteiger partial charge is 0.315 e. The highest BCUT2D eigenvalue weighted by Gasteiger charge is 2.23. The number of ether oxygens (including phenoxy) is 2. The average Bonchev–Trinajstić information content (AvgIpc) is 2.62. The summed E-state index contributed by atoms with van der Waals surface area (Å²) in [6.45, 7) is 3.51. The predicted molar refractivity (Wildman–Crippen MR) is 102 cm³/mol. The lowest BCUT2D eigenvalue weighted by Gasteiger charge is -2.14. The second-order valence-electron chi connectivity index (χ2n) is 5.67. The maximum Gasteiger partial charge on any atom is 0.315 e. The van der Waals surface area contributed by atoms with E-state index in [0.29, 0.717) is 5.56 Å². The Morgan fingerprint density at radius 2 is 2.04 bits per heavy atom. The average molecular weight is 392 g/mol. The van der Waals surface area contributed by atoms with Crippen LogP contribution in [-0.4, -0.2) is 30.3 Å². The number of methoxy groups -OCH3 is 1. The van der Waals surface area contributed by atoms with E-state index in [1.165, 1.54) is 25.5 Å². The molecule has 9 heteroatoms. The van der Waals surface area contributed by atoms with Crippen molar-refractivity contribution in [3.8, 4) is 11.5 Å². The number of nitrogens with one attached hydrogen (secondary N) is 1. The van der Waals surface area contributed by atoms with Crippen molar-refractivity contribution in [2.75, 3.05) is 7.11 Å². The summed E-state index contributed by atoms with van der Waals surface area (Å²) in [7, 11) is 1.38. The van der Waals surface area contributed by atoms with Crippen molar-refractivity contribution in [2.45, 2.75) is 20.0 Å². The van der Waals surface area contributed by atoms with Crippen LogP contribution in [0.15, 0.2) is 41.5 Å². The number of hydrogen-bond donors (Lipinski definition) is 1. The molecule has 8 nitrogen and oxygen atoms in total. The predicted octanol–water partition coefficient (Wildman–Crippen LogP) is 3.81. The Balaban J connectivity index is 2.26. The van der Waals surface area contributed by atoms with Gasteiger partial charge in [-0.15, -0.1) is 0 Å². The highest BCUT2D eigenvalue weighted by atomic mass is 35.5. The maximum atomic E-state index is 12.1. The van der Waals surface area contributed by atoms with Crippen molar-refractivity contribution in [2.24, 2.45) is 5.10 Å². The van der Waals surface area contributed by atoms with Crippen molar-refractivity contribution in [3.63, 3.8) is 0 Å². The molecule has 0 aliphatic rings. The SMILES string of the molecule is COc1cc(/C=N\NC(=O)c2ccccc2Cl)cc([N+](=O)[O-])c1OC(C)C. The summed E-state index contributed by atoms with van der Waals surface area (Å²) >= 11 is 5.95. The molecular formula is C18H18ClN3O5. The van der Waals surface area contributed by atoms with Crippen molar-refractivity contribution >= 4 is 29.4 Å². The summed E-state index contributed by atoms with van der Waals surface area (Å²) in [5.41, 5.74) is 2.68. The first kappa shape index (κ1) is 20.2. The molecular weight excluding hydrogens is 374 g/mol. The minimum absolute atomic E-state index is 0.0368. The number of carbonyl (C=O) groups is 1. The zero-order valence-electron chi connectivity index (χ0n) is 14.9. The van der Waals surface area contributed by atoms with Crippen LogP contribution in [0.2, 0.25) is 5.02 Å². The van der Waals surface area contributed by atoms with Gasteiger partial charge in [-0.1, -0.05) is 23.7 Å². The van der Waals surface area contributed by atoms with Crippen LogP contribution in [0, 0.1) is 10.1 Å². The van der Waals surface area contributed by atoms with Crippen molar-refractivity contribution < 1.29 is 19.2 Å². The van der Waals surface area contributed by atoms with E-state index in [1.807, 2.05) is 0 Å². The molecule has 1 amide bonds. The van der Waals surface area contributed by atoms with E-state index >= 15 is 0 Å². The van der Waals surface area contributed by atoms with E-state index in [4.69, 9.17) is 21.1 Å². The topological polar surface area (TPSA) is 103 Å². The highest BCUT2D eigenvalue weighted by molar-refractivity contribution is 6.33. The lowest BCUT2D eigenvalue weighted by atomic mass is 10.2. The fourth-order valence-electron chi connectivity index (χ4n) is 2.20. The molecule has 2 aromatic rings. The Morgan fingerprint density at radius 1 is 1.33 bits per heavy atom. The van der Waals surface area contributed by atoms with Gasteiger partial charge in [0.2, 0.25) is 5.75 Å². The minimum Gasteiger partial charge on any atom is -0.493 e. The molecule has 0 saturated carbocycles. The molecule has 0 aliphatic heterocycles. The molecule has 0 radical (unpaired) electrons. The standard InChI is InChI=1S/C18H18ClN3O5/c1-11(2)27-17-15(22(24)25)8-12(9-16(17)26-3)10-20-21-18(23)13-6-4-5-7-14(13)19/h4-11H,1-3H3,(H,21,23)/b20-10-. The number of carbonyl (C=O) groups excluding carboxylic acids is 1. The van der Waals surface area contributed by atoms with Crippen LogP contribution in [-0.2, 0) is 0 Å². The number of amides is 1. The highest BCUT2D eigenvalue weighted by Crippen LogP contribution is 2.38. The molecule has 0 heterocycles. The van der Waals surface area contributed by atoms with E-state index in [2.05, 4.69) is 10.5 Å². The van der Waals surface area contributed by atoms with Crippen LogP contribution in [0.3, 0.4) is 0 Å². The second-order valence-corrected chi connectivity index (χ2v) is 6.08. The summed E-state index contributed by atoms with van der Waals surface area (Å²) in [6, 6.07) is 9.32. The summed E-state index contributed by atoms with van der Waals surface area (Å²) in [4.78, 5) is 22.9. The van der Waals surface area contributed by atoms with Crippen LogP contribution in [0.1, 0.15) is 29.8 Å². The molecule has 0 spiro atoms. The van der Waals surface area contributed by atoms with Crippen LogP contribution < -0.4 is 14.9 Å². The van der Waals surface area contributed by atoms with E-state index in [0.717, 1.165) is 0 Å². The summed E-state index contributed by atoms with van der Waals surface area (Å²) in [6.07, 6.45) is 0.996. The third-order valence-corrected chi connectivity index (χ3v) is 3.66. The van der Waals surface area contributed by atoms with Crippen LogP contribution in [0.4, 0.5) is 5.69 Å². The van der Waals surface area contributed by atoms with Gasteiger partial charge in [0.05, 0.1) is 34.9 Å². The number of nitro benzene ring substituents is 1. The lowest BCUT2D eigenvalue weighted by Crippen LogP contribution is -2.18. The number of nitrogens with zero attached hydrogens (tertiary/aromatic N) is 2. The third-order valence-electron chi connectivity index (χ3n) is 3.33. The van der Waals surface area contributed by atoms with Gasteiger partial charge in [0, 0.05) is 11.6 Å². The van der Waals surface area contributed by atoms with Gasteiger partial charge in [0.1, 0.15) is 0 Å². The van der Waals surface area contributed by atoms with Crippen molar-refractivity contribution in [1.29, 1.82) is 0 Å². The molecule has 0 fully saturated rings. The first-order valence-corrected chi connectivity index (χ1v) is 8.32. The van der Waals surface area contributed by atoms with E-state index < -0.39 is 10.8 Å². The molecule has 2 rings (SSSR count). The minimum atomic E-state index is -0.570. The Morgan fingerprint density at radius 3 is 2.63 bits per heavy atom. The number of benzene rings is 2. The fraction of sp³-hybridized carbons (Fsp3) is 0.222. The van der Waals surface area contributed by atoms with Crippen molar-refractivity contribution in [1.82, 2.24) is 5.43 Å². The Kier molecular flexibility index (Phi) is 6.73. The molecule has 0 saturated heterocycles. The Labute approximate surface area is 160 Å². The van der Waals surface area contributed by atoms with E-state index in [-0.39, 0.29) is 33.9 Å². The number of nitro groups is 1. The Bertz CT molecular complexity index is 883. The van der Waals surface area contributed by atoms with Crippen LogP contribution in [0.25, 0.3) is 0 Å². The first-order valence-electron chi connectivity index (χ1n) is 7.94. The maximum absolute atomic E-state index is 12.1. The van der Waals surface area contributed by atoms with Gasteiger partial charge >= 0.3 is 5.69 Å². The van der Waals surface area contributed by atoms with Gasteiger partial charge in [-0.05, 0) is 32.0 Å². The van der Waals surface area contributed by atoms with E-state index in [9.17, 15) is 14.9 Å². The molecule has 0 unspecified atom stereocenters. The molecule has 2 aromatic carbocycles. The van der Waals surface area contributed by atoms with Gasteiger partial charge in [-0.25, -0.2) is 5.43 Å². The molecule has 0 aliphatic carbocycles. The van der Waals surface area contributed by atoms with Gasteiger partial charge in [0.25, 0.3) is 5.91 Å².